The van der Waals surface area contributed by atoms with Gasteiger partial charge in [-0.1, -0.05) is 13.3 Å². The Morgan fingerprint density at radius 1 is 1.40 bits per heavy atom. The zero-order valence-corrected chi connectivity index (χ0v) is 18.1. The van der Waals surface area contributed by atoms with Crippen molar-refractivity contribution in [2.24, 2.45) is 11.7 Å². The van der Waals surface area contributed by atoms with Gasteiger partial charge in [0.15, 0.2) is 0 Å². The highest BCUT2D eigenvalue weighted by molar-refractivity contribution is 5.88. The van der Waals surface area contributed by atoms with Gasteiger partial charge in [0.25, 0.3) is 5.56 Å². The predicted octanol–water partition coefficient (Wildman–Crippen LogP) is 3.17. The number of nitrogens with zero attached hydrogens (tertiary/aromatic N) is 2. The molecule has 0 spiro atoms. The average molecular weight is 438 g/mol. The van der Waals surface area contributed by atoms with E-state index in [-0.39, 0.29) is 29.9 Å². The molecule has 2 unspecified atom stereocenters. The number of carboxylic acid groups (broad SMARTS) is 1. The van der Waals surface area contributed by atoms with Gasteiger partial charge >= 0.3 is 5.97 Å². The van der Waals surface area contributed by atoms with E-state index < -0.39 is 17.3 Å². The van der Waals surface area contributed by atoms with Gasteiger partial charge in [-0.05, 0) is 61.9 Å². The van der Waals surface area contributed by atoms with E-state index in [1.807, 2.05) is 0 Å². The molecule has 4 atom stereocenters. The van der Waals surface area contributed by atoms with E-state index in [0.717, 1.165) is 50.5 Å². The van der Waals surface area contributed by atoms with Gasteiger partial charge in [-0.3, -0.25) is 14.1 Å². The van der Waals surface area contributed by atoms with E-state index in [9.17, 15) is 19.1 Å². The normalized spacial score (nSPS) is 24.6. The van der Waals surface area contributed by atoms with Gasteiger partial charge < -0.3 is 10.8 Å². The minimum atomic E-state index is -1.28. The van der Waals surface area contributed by atoms with Crippen LogP contribution in [0.3, 0.4) is 0 Å². The van der Waals surface area contributed by atoms with Crippen LogP contribution in [-0.2, 0) is 0 Å². The molecule has 0 aromatic carbocycles. The molecular weight excluding hydrogens is 409 g/mol. The van der Waals surface area contributed by atoms with E-state index in [0.29, 0.717) is 23.0 Å². The van der Waals surface area contributed by atoms with Gasteiger partial charge in [-0.15, -0.1) is 12.4 Å². The van der Waals surface area contributed by atoms with Crippen molar-refractivity contribution in [2.75, 3.05) is 13.1 Å². The summed E-state index contributed by atoms with van der Waals surface area (Å²) in [4.78, 5) is 26.6. The Bertz CT molecular complexity index is 1020. The number of likely N-dealkylation sites (tertiary alicyclic amines) is 1. The van der Waals surface area contributed by atoms with Crippen LogP contribution >= 0.6 is 12.4 Å². The first kappa shape index (κ1) is 22.7. The number of fused-ring (bicyclic) bond motifs is 1. The summed E-state index contributed by atoms with van der Waals surface area (Å²) < 4.78 is 15.1. The standard InChI is InChI=1S/C22H28FN3O3.ClH/c1-3-4-18(24)13-5-6-25(10-13)19-9-15(19)16-8-17(22(28)29)21(27)26-11-14(23)7-12(2)20(16)26;/h7-8,11,13,15,18-19H,3-6,9-10,24H2,1-2H3,(H,28,29);1H/t13-,15+,18?,19?;/m1./s1. The Balaban J connectivity index is 0.00000256. The lowest BCUT2D eigenvalue weighted by molar-refractivity contribution is 0.0694. The number of aromatic carboxylic acids is 1. The Hall–Kier alpha value is -1.96. The minimum Gasteiger partial charge on any atom is -0.477 e. The highest BCUT2D eigenvalue weighted by atomic mass is 35.5. The fraction of sp³-hybridized carbons (Fsp3) is 0.545. The molecule has 2 aliphatic rings. The maximum absolute atomic E-state index is 13.9. The van der Waals surface area contributed by atoms with Crippen LogP contribution in [0, 0.1) is 18.7 Å². The van der Waals surface area contributed by atoms with E-state index in [1.54, 1.807) is 6.92 Å². The molecule has 3 N–H and O–H groups in total. The number of hydrogen-bond donors (Lipinski definition) is 2. The maximum atomic E-state index is 13.9. The first-order valence-corrected chi connectivity index (χ1v) is 10.4. The number of aryl methyl sites for hydroxylation is 1. The highest BCUT2D eigenvalue weighted by Gasteiger charge is 2.46. The molecule has 164 valence electrons. The Morgan fingerprint density at radius 2 is 2.13 bits per heavy atom. The molecule has 8 heteroatoms. The van der Waals surface area contributed by atoms with Crippen LogP contribution in [-0.4, -0.2) is 45.5 Å². The van der Waals surface area contributed by atoms with Crippen LogP contribution in [0.1, 0.15) is 60.0 Å². The monoisotopic (exact) mass is 437 g/mol. The molecule has 0 bridgehead atoms. The molecule has 1 aliphatic carbocycles. The molecule has 3 heterocycles. The SMILES string of the molecule is CCCC(N)[C@@H]1CCN(C2C[C@H]2c2cc(C(=O)O)c(=O)n3cc(F)cc(C)c23)C1.Cl. The zero-order valence-electron chi connectivity index (χ0n) is 17.3. The topological polar surface area (TPSA) is 88.0 Å². The fourth-order valence-corrected chi connectivity index (χ4v) is 5.02. The lowest BCUT2D eigenvalue weighted by Crippen LogP contribution is -2.33. The number of carbonyl (C=O) groups is 1. The third-order valence-corrected chi connectivity index (χ3v) is 6.58. The number of rotatable bonds is 6. The third kappa shape index (κ3) is 3.98. The van der Waals surface area contributed by atoms with Gasteiger partial charge in [0.2, 0.25) is 0 Å². The van der Waals surface area contributed by atoms with Gasteiger partial charge in [-0.25, -0.2) is 9.18 Å². The van der Waals surface area contributed by atoms with Gasteiger partial charge in [0, 0.05) is 30.7 Å². The molecule has 30 heavy (non-hydrogen) atoms. The molecule has 6 nitrogen and oxygen atoms in total. The predicted molar refractivity (Wildman–Crippen MR) is 116 cm³/mol. The van der Waals surface area contributed by atoms with Crippen LogP contribution < -0.4 is 11.3 Å². The molecule has 2 aromatic heterocycles. The molecule has 4 rings (SSSR count). The van der Waals surface area contributed by atoms with E-state index in [4.69, 9.17) is 5.73 Å². The summed E-state index contributed by atoms with van der Waals surface area (Å²) in [6, 6.07) is 3.45. The van der Waals surface area contributed by atoms with Crippen molar-refractivity contribution < 1.29 is 14.3 Å². The summed E-state index contributed by atoms with van der Waals surface area (Å²) in [5.74, 6) is -1.19. The summed E-state index contributed by atoms with van der Waals surface area (Å²) >= 11 is 0. The molecule has 1 saturated heterocycles. The van der Waals surface area contributed by atoms with Gasteiger partial charge in [0.05, 0.1) is 5.52 Å². The summed E-state index contributed by atoms with van der Waals surface area (Å²) in [6.07, 6.45) is 5.21. The van der Waals surface area contributed by atoms with Crippen LogP contribution in [0.5, 0.6) is 0 Å². The molecule has 1 aliphatic heterocycles. The second kappa shape index (κ2) is 8.65. The van der Waals surface area contributed by atoms with Crippen LogP contribution in [0.25, 0.3) is 5.52 Å². The van der Waals surface area contributed by atoms with Crippen molar-refractivity contribution >= 4 is 23.9 Å². The first-order chi connectivity index (χ1) is 13.8. The Kier molecular flexibility index (Phi) is 6.55. The molecule has 0 amide bonds. The number of aromatic nitrogens is 1. The van der Waals surface area contributed by atoms with Gasteiger partial charge in [-0.2, -0.15) is 0 Å². The van der Waals surface area contributed by atoms with Crippen molar-refractivity contribution in [2.45, 2.75) is 57.5 Å². The lowest BCUT2D eigenvalue weighted by atomic mass is 9.96. The second-order valence-corrected chi connectivity index (χ2v) is 8.59. The smallest absolute Gasteiger partial charge is 0.341 e. The van der Waals surface area contributed by atoms with Crippen molar-refractivity contribution in [1.29, 1.82) is 0 Å². The summed E-state index contributed by atoms with van der Waals surface area (Å²) in [5.41, 5.74) is 7.43. The van der Waals surface area contributed by atoms with Crippen molar-refractivity contribution in [1.82, 2.24) is 9.30 Å². The number of halogens is 2. The zero-order chi connectivity index (χ0) is 20.9. The van der Waals surface area contributed by atoms with E-state index >= 15 is 0 Å². The quantitative estimate of drug-likeness (QED) is 0.724. The Labute approximate surface area is 181 Å². The number of pyridine rings is 2. The number of hydrogen-bond acceptors (Lipinski definition) is 4. The largest absolute Gasteiger partial charge is 0.477 e. The molecule has 1 saturated carbocycles. The van der Waals surface area contributed by atoms with Crippen molar-refractivity contribution in [3.05, 3.63) is 51.2 Å². The minimum absolute atomic E-state index is 0. The molecule has 2 fully saturated rings. The molecular formula is C22H29ClFN3O3. The summed E-state index contributed by atoms with van der Waals surface area (Å²) in [7, 11) is 0. The Morgan fingerprint density at radius 3 is 2.80 bits per heavy atom. The number of nitrogens with two attached hydrogens (primary N) is 1. The van der Waals surface area contributed by atoms with Crippen LogP contribution in [0.15, 0.2) is 23.1 Å². The van der Waals surface area contributed by atoms with Crippen LogP contribution in [0.2, 0.25) is 0 Å². The third-order valence-electron chi connectivity index (χ3n) is 6.58. The average Bonchev–Trinajstić information content (AvgIpc) is 3.29. The molecule has 0 radical (unpaired) electrons. The van der Waals surface area contributed by atoms with Crippen molar-refractivity contribution in [3.8, 4) is 0 Å². The van der Waals surface area contributed by atoms with E-state index in [1.165, 1.54) is 16.5 Å². The van der Waals surface area contributed by atoms with Crippen LogP contribution in [0.4, 0.5) is 4.39 Å². The lowest BCUT2D eigenvalue weighted by Gasteiger charge is -2.20. The fourth-order valence-electron chi connectivity index (χ4n) is 5.02. The van der Waals surface area contributed by atoms with E-state index in [2.05, 4.69) is 11.8 Å². The summed E-state index contributed by atoms with van der Waals surface area (Å²) in [5, 5.41) is 9.48. The van der Waals surface area contributed by atoms with Gasteiger partial charge in [0.1, 0.15) is 11.4 Å². The maximum Gasteiger partial charge on any atom is 0.341 e. The van der Waals surface area contributed by atoms with Crippen molar-refractivity contribution in [3.63, 3.8) is 0 Å². The highest BCUT2D eigenvalue weighted by Crippen LogP contribution is 2.48. The summed E-state index contributed by atoms with van der Waals surface area (Å²) in [6.45, 7) is 5.87. The first-order valence-electron chi connectivity index (χ1n) is 10.4. The molecule has 2 aromatic rings. The second-order valence-electron chi connectivity index (χ2n) is 8.59. The number of carboxylic acids is 1.